The second-order valence-corrected chi connectivity index (χ2v) is 2.80. The Labute approximate surface area is 71.1 Å². The normalized spacial score (nSPS) is 10.8. The van der Waals surface area contributed by atoms with Gasteiger partial charge in [-0.2, -0.15) is 5.10 Å². The fourth-order valence-corrected chi connectivity index (χ4v) is 1.24. The van der Waals surface area contributed by atoms with Crippen LogP contribution in [-0.2, 0) is 6.42 Å². The van der Waals surface area contributed by atoms with Crippen molar-refractivity contribution >= 4 is 5.65 Å². The molecule has 0 amide bonds. The predicted octanol–water partition coefficient (Wildman–Crippen LogP) is 1.68. The third kappa shape index (κ3) is 1.18. The molecule has 0 atom stereocenters. The standard InChI is InChI=1S/C9H11N3/c1-2-3-8-4-5-9-10-6-7-12(9)11-8/h4-7H,2-3H2,1H3. The molecular weight excluding hydrogens is 150 g/mol. The van der Waals surface area contributed by atoms with Gasteiger partial charge in [0.25, 0.3) is 0 Å². The SMILES string of the molecule is CCCc1ccc2nccn2n1. The van der Waals surface area contributed by atoms with Crippen molar-refractivity contribution in [1.82, 2.24) is 14.6 Å². The molecule has 3 nitrogen and oxygen atoms in total. The Bertz CT molecular complexity index is 378. The van der Waals surface area contributed by atoms with Crippen LogP contribution in [0.25, 0.3) is 5.65 Å². The lowest BCUT2D eigenvalue weighted by Crippen LogP contribution is -1.96. The van der Waals surface area contributed by atoms with Gasteiger partial charge in [0, 0.05) is 12.4 Å². The van der Waals surface area contributed by atoms with Crippen LogP contribution in [0.1, 0.15) is 19.0 Å². The Morgan fingerprint density at radius 1 is 1.42 bits per heavy atom. The number of hydrogen-bond donors (Lipinski definition) is 0. The number of aromatic nitrogens is 3. The van der Waals surface area contributed by atoms with E-state index in [2.05, 4.69) is 17.0 Å². The molecule has 0 aromatic carbocycles. The molecule has 0 radical (unpaired) electrons. The summed E-state index contributed by atoms with van der Waals surface area (Å²) in [5, 5.41) is 4.38. The third-order valence-corrected chi connectivity index (χ3v) is 1.82. The Balaban J connectivity index is 2.46. The van der Waals surface area contributed by atoms with Gasteiger partial charge in [0.05, 0.1) is 5.69 Å². The van der Waals surface area contributed by atoms with Crippen molar-refractivity contribution in [2.75, 3.05) is 0 Å². The summed E-state index contributed by atoms with van der Waals surface area (Å²) >= 11 is 0. The van der Waals surface area contributed by atoms with Crippen molar-refractivity contribution in [3.63, 3.8) is 0 Å². The van der Waals surface area contributed by atoms with Crippen molar-refractivity contribution in [3.8, 4) is 0 Å². The van der Waals surface area contributed by atoms with E-state index in [0.717, 1.165) is 24.2 Å². The summed E-state index contributed by atoms with van der Waals surface area (Å²) in [4.78, 5) is 4.12. The van der Waals surface area contributed by atoms with E-state index in [-0.39, 0.29) is 0 Å². The first-order valence-corrected chi connectivity index (χ1v) is 4.19. The van der Waals surface area contributed by atoms with Gasteiger partial charge in [-0.1, -0.05) is 13.3 Å². The Hall–Kier alpha value is -1.38. The highest BCUT2D eigenvalue weighted by molar-refractivity contribution is 5.36. The molecule has 0 fully saturated rings. The van der Waals surface area contributed by atoms with Crippen molar-refractivity contribution in [1.29, 1.82) is 0 Å². The van der Waals surface area contributed by atoms with E-state index >= 15 is 0 Å². The zero-order chi connectivity index (χ0) is 8.39. The lowest BCUT2D eigenvalue weighted by Gasteiger charge is -1.97. The van der Waals surface area contributed by atoms with Gasteiger partial charge in [-0.15, -0.1) is 0 Å². The van der Waals surface area contributed by atoms with Gasteiger partial charge < -0.3 is 0 Å². The van der Waals surface area contributed by atoms with Crippen molar-refractivity contribution in [3.05, 3.63) is 30.2 Å². The molecule has 0 unspecified atom stereocenters. The Morgan fingerprint density at radius 3 is 3.17 bits per heavy atom. The summed E-state index contributed by atoms with van der Waals surface area (Å²) in [5.41, 5.74) is 2.04. The molecule has 2 aromatic rings. The molecule has 0 saturated heterocycles. The van der Waals surface area contributed by atoms with Crippen LogP contribution in [-0.4, -0.2) is 14.6 Å². The molecule has 3 heteroatoms. The van der Waals surface area contributed by atoms with Gasteiger partial charge in [0.2, 0.25) is 0 Å². The predicted molar refractivity (Wildman–Crippen MR) is 47.0 cm³/mol. The Kier molecular flexibility index (Phi) is 1.78. The van der Waals surface area contributed by atoms with E-state index in [1.807, 2.05) is 22.8 Å². The molecule has 2 aromatic heterocycles. The Morgan fingerprint density at radius 2 is 2.33 bits per heavy atom. The first-order valence-electron chi connectivity index (χ1n) is 4.19. The van der Waals surface area contributed by atoms with Gasteiger partial charge in [0.1, 0.15) is 0 Å². The zero-order valence-electron chi connectivity index (χ0n) is 7.07. The molecule has 2 rings (SSSR count). The first-order chi connectivity index (χ1) is 5.90. The van der Waals surface area contributed by atoms with E-state index in [1.165, 1.54) is 0 Å². The molecule has 0 saturated carbocycles. The highest BCUT2D eigenvalue weighted by Gasteiger charge is 1.96. The van der Waals surface area contributed by atoms with Gasteiger partial charge in [-0.25, -0.2) is 9.50 Å². The summed E-state index contributed by atoms with van der Waals surface area (Å²) in [5.74, 6) is 0. The van der Waals surface area contributed by atoms with Gasteiger partial charge in [0.15, 0.2) is 5.65 Å². The number of fused-ring (bicyclic) bond motifs is 1. The van der Waals surface area contributed by atoms with E-state index in [9.17, 15) is 0 Å². The van der Waals surface area contributed by atoms with Gasteiger partial charge in [-0.3, -0.25) is 0 Å². The topological polar surface area (TPSA) is 30.2 Å². The molecule has 2 heterocycles. The average molecular weight is 161 g/mol. The average Bonchev–Trinajstić information content (AvgIpc) is 2.51. The van der Waals surface area contributed by atoms with Crippen molar-refractivity contribution in [2.45, 2.75) is 19.8 Å². The first kappa shape index (κ1) is 7.28. The van der Waals surface area contributed by atoms with Gasteiger partial charge >= 0.3 is 0 Å². The molecule has 0 aliphatic rings. The quantitative estimate of drug-likeness (QED) is 0.670. The van der Waals surface area contributed by atoms with Crippen LogP contribution >= 0.6 is 0 Å². The minimum absolute atomic E-state index is 0.912. The van der Waals surface area contributed by atoms with Crippen LogP contribution in [0.15, 0.2) is 24.5 Å². The maximum atomic E-state index is 4.38. The van der Waals surface area contributed by atoms with Crippen molar-refractivity contribution < 1.29 is 0 Å². The fourth-order valence-electron chi connectivity index (χ4n) is 1.24. The van der Waals surface area contributed by atoms with Crippen LogP contribution in [0.2, 0.25) is 0 Å². The van der Waals surface area contributed by atoms with E-state index < -0.39 is 0 Å². The third-order valence-electron chi connectivity index (χ3n) is 1.82. The van der Waals surface area contributed by atoms with Crippen LogP contribution < -0.4 is 0 Å². The molecule has 0 N–H and O–H groups in total. The number of imidazole rings is 1. The molecule has 12 heavy (non-hydrogen) atoms. The molecule has 0 aliphatic heterocycles. The molecule has 0 spiro atoms. The summed E-state index contributed by atoms with van der Waals surface area (Å²) in [6, 6.07) is 4.03. The van der Waals surface area contributed by atoms with Crippen molar-refractivity contribution in [2.24, 2.45) is 0 Å². The molecule has 0 bridgehead atoms. The smallest absolute Gasteiger partial charge is 0.153 e. The lowest BCUT2D eigenvalue weighted by atomic mass is 10.2. The fraction of sp³-hybridized carbons (Fsp3) is 0.333. The molecular formula is C9H11N3. The van der Waals surface area contributed by atoms with E-state index in [1.54, 1.807) is 6.20 Å². The lowest BCUT2D eigenvalue weighted by molar-refractivity contribution is 0.810. The number of aryl methyl sites for hydroxylation is 1. The maximum absolute atomic E-state index is 4.38. The van der Waals surface area contributed by atoms with Gasteiger partial charge in [-0.05, 0) is 18.6 Å². The second kappa shape index (κ2) is 2.93. The number of hydrogen-bond acceptors (Lipinski definition) is 2. The largest absolute Gasteiger partial charge is 0.236 e. The summed E-state index contributed by atoms with van der Waals surface area (Å²) in [7, 11) is 0. The van der Waals surface area contributed by atoms with E-state index in [0.29, 0.717) is 0 Å². The number of rotatable bonds is 2. The monoisotopic (exact) mass is 161 g/mol. The van der Waals surface area contributed by atoms with Crippen LogP contribution in [0.3, 0.4) is 0 Å². The molecule has 0 aliphatic carbocycles. The molecule has 62 valence electrons. The highest BCUT2D eigenvalue weighted by Crippen LogP contribution is 2.02. The second-order valence-electron chi connectivity index (χ2n) is 2.80. The minimum atomic E-state index is 0.912. The van der Waals surface area contributed by atoms with Crippen LogP contribution in [0.5, 0.6) is 0 Å². The van der Waals surface area contributed by atoms with Crippen LogP contribution in [0.4, 0.5) is 0 Å². The van der Waals surface area contributed by atoms with E-state index in [4.69, 9.17) is 0 Å². The van der Waals surface area contributed by atoms with Crippen LogP contribution in [0, 0.1) is 0 Å². The maximum Gasteiger partial charge on any atom is 0.153 e. The summed E-state index contributed by atoms with van der Waals surface area (Å²) in [6.07, 6.45) is 5.80. The zero-order valence-corrected chi connectivity index (χ0v) is 7.07. The minimum Gasteiger partial charge on any atom is -0.236 e. The highest BCUT2D eigenvalue weighted by atomic mass is 15.2. The number of nitrogens with zero attached hydrogens (tertiary/aromatic N) is 3. The summed E-state index contributed by atoms with van der Waals surface area (Å²) < 4.78 is 1.81. The summed E-state index contributed by atoms with van der Waals surface area (Å²) in [6.45, 7) is 2.15.